The molecule has 2 aliphatic heterocycles. The van der Waals surface area contributed by atoms with E-state index in [1.807, 2.05) is 24.4 Å². The topological polar surface area (TPSA) is 42.6 Å². The molecule has 184 valence electrons. The van der Waals surface area contributed by atoms with Gasteiger partial charge in [-0.1, -0.05) is 42.5 Å². The van der Waals surface area contributed by atoms with Crippen molar-refractivity contribution < 1.29 is 9.18 Å². The fourth-order valence-corrected chi connectivity index (χ4v) is 6.01. The summed E-state index contributed by atoms with van der Waals surface area (Å²) in [4.78, 5) is 22.9. The molecule has 5 nitrogen and oxygen atoms in total. The summed E-state index contributed by atoms with van der Waals surface area (Å²) in [7, 11) is 0. The number of hydrogen-bond donors (Lipinski definition) is 1. The number of aryl methyl sites for hydroxylation is 1. The number of aldehydes is 1. The van der Waals surface area contributed by atoms with Crippen LogP contribution in [0.25, 0.3) is 10.9 Å². The van der Waals surface area contributed by atoms with E-state index in [4.69, 9.17) is 0 Å². The van der Waals surface area contributed by atoms with Crippen molar-refractivity contribution >= 4 is 28.6 Å². The van der Waals surface area contributed by atoms with E-state index in [-0.39, 0.29) is 11.9 Å². The van der Waals surface area contributed by atoms with Crippen LogP contribution in [0.15, 0.2) is 79.0 Å². The molecule has 3 heterocycles. The van der Waals surface area contributed by atoms with Crippen molar-refractivity contribution in [2.45, 2.75) is 24.9 Å². The van der Waals surface area contributed by atoms with Gasteiger partial charge in [0, 0.05) is 72.8 Å². The van der Waals surface area contributed by atoms with Crippen LogP contribution in [0.4, 0.5) is 15.8 Å². The molecule has 1 N–H and O–H groups in total. The number of halogens is 1. The Bertz CT molecular complexity index is 1360. The lowest BCUT2D eigenvalue weighted by atomic mass is 9.91. The molecule has 0 radical (unpaired) electrons. The van der Waals surface area contributed by atoms with E-state index in [9.17, 15) is 9.18 Å². The molecule has 2 atom stereocenters. The molecule has 0 bridgehead atoms. The number of aromatic amines is 1. The van der Waals surface area contributed by atoms with Crippen LogP contribution in [0.2, 0.25) is 0 Å². The number of fused-ring (bicyclic) bond motifs is 2. The zero-order chi connectivity index (χ0) is 24.5. The quantitative estimate of drug-likeness (QED) is 0.384. The molecule has 0 saturated carbocycles. The van der Waals surface area contributed by atoms with Gasteiger partial charge in [0.2, 0.25) is 0 Å². The van der Waals surface area contributed by atoms with Gasteiger partial charge in [0.25, 0.3) is 0 Å². The lowest BCUT2D eigenvalue weighted by molar-refractivity contribution is -0.109. The van der Waals surface area contributed by atoms with Crippen molar-refractivity contribution in [1.82, 2.24) is 9.88 Å². The van der Waals surface area contributed by atoms with E-state index in [1.165, 1.54) is 28.2 Å². The second kappa shape index (κ2) is 9.78. The van der Waals surface area contributed by atoms with E-state index in [0.29, 0.717) is 5.56 Å². The van der Waals surface area contributed by atoms with Gasteiger partial charge in [0.05, 0.1) is 0 Å². The Kier molecular flexibility index (Phi) is 6.20. The van der Waals surface area contributed by atoms with Crippen molar-refractivity contribution in [3.05, 3.63) is 95.9 Å². The van der Waals surface area contributed by atoms with Crippen LogP contribution < -0.4 is 9.80 Å². The molecule has 0 aliphatic carbocycles. The molecule has 1 saturated heterocycles. The number of para-hydroxylation sites is 1. The van der Waals surface area contributed by atoms with E-state index >= 15 is 0 Å². The molecule has 0 spiro atoms. The van der Waals surface area contributed by atoms with Crippen LogP contribution in [0.3, 0.4) is 0 Å². The number of piperazine rings is 1. The molecule has 2 unspecified atom stereocenters. The van der Waals surface area contributed by atoms with Gasteiger partial charge in [-0.3, -0.25) is 4.90 Å². The number of benzene rings is 3. The minimum atomic E-state index is -0.648. The number of rotatable bonds is 6. The molecule has 1 aromatic heterocycles. The van der Waals surface area contributed by atoms with Crippen molar-refractivity contribution in [3.8, 4) is 0 Å². The minimum Gasteiger partial charge on any atom is -0.368 e. The number of nitrogens with zero attached hydrogens (tertiary/aromatic N) is 3. The van der Waals surface area contributed by atoms with Gasteiger partial charge in [-0.25, -0.2) is 4.39 Å². The number of aromatic nitrogens is 1. The number of carbonyl (C=O) groups is 1. The van der Waals surface area contributed by atoms with Crippen molar-refractivity contribution in [2.24, 2.45) is 0 Å². The second-order valence-corrected chi connectivity index (χ2v) is 9.83. The van der Waals surface area contributed by atoms with Crippen LogP contribution in [-0.2, 0) is 11.2 Å². The molecular formula is C30H31FN4O. The van der Waals surface area contributed by atoms with Gasteiger partial charge in [-0.2, -0.15) is 0 Å². The zero-order valence-corrected chi connectivity index (χ0v) is 20.3. The SMILES string of the molecule is O=CC(c1ccccc1F)N1c2ccccc2CCC1CN1CCN(c2cccc3[nH]ccc23)CC1. The number of carbonyl (C=O) groups excluding carboxylic acids is 1. The smallest absolute Gasteiger partial charge is 0.147 e. The van der Waals surface area contributed by atoms with Gasteiger partial charge >= 0.3 is 0 Å². The summed E-state index contributed by atoms with van der Waals surface area (Å²) < 4.78 is 14.8. The Balaban J connectivity index is 1.23. The molecule has 0 amide bonds. The van der Waals surface area contributed by atoms with Gasteiger partial charge in [0.1, 0.15) is 18.1 Å². The Hall–Kier alpha value is -3.64. The average Bonchev–Trinajstić information content (AvgIpc) is 3.41. The third-order valence-electron chi connectivity index (χ3n) is 7.82. The van der Waals surface area contributed by atoms with Crippen molar-refractivity contribution in [2.75, 3.05) is 42.5 Å². The zero-order valence-electron chi connectivity index (χ0n) is 20.3. The summed E-state index contributed by atoms with van der Waals surface area (Å²) in [5.74, 6) is -0.330. The molecule has 2 aliphatic rings. The Labute approximate surface area is 211 Å². The largest absolute Gasteiger partial charge is 0.368 e. The fraction of sp³-hybridized carbons (Fsp3) is 0.300. The van der Waals surface area contributed by atoms with Crippen LogP contribution in [0.1, 0.15) is 23.6 Å². The highest BCUT2D eigenvalue weighted by Gasteiger charge is 2.35. The number of hydrogen-bond acceptors (Lipinski definition) is 4. The maximum absolute atomic E-state index is 14.8. The average molecular weight is 483 g/mol. The number of anilines is 2. The summed E-state index contributed by atoms with van der Waals surface area (Å²) in [6, 6.07) is 23.0. The van der Waals surface area contributed by atoms with E-state index in [2.05, 4.69) is 56.1 Å². The van der Waals surface area contributed by atoms with E-state index in [0.717, 1.165) is 57.5 Å². The molecular weight excluding hydrogens is 451 g/mol. The molecule has 36 heavy (non-hydrogen) atoms. The monoisotopic (exact) mass is 482 g/mol. The molecule has 6 heteroatoms. The van der Waals surface area contributed by atoms with Gasteiger partial charge < -0.3 is 19.6 Å². The normalized spacial score (nSPS) is 19.3. The Morgan fingerprint density at radius 1 is 0.917 bits per heavy atom. The summed E-state index contributed by atoms with van der Waals surface area (Å²) in [5, 5.41) is 1.26. The van der Waals surface area contributed by atoms with Crippen LogP contribution >= 0.6 is 0 Å². The molecule has 3 aromatic carbocycles. The van der Waals surface area contributed by atoms with Crippen LogP contribution in [-0.4, -0.2) is 54.9 Å². The summed E-state index contributed by atoms with van der Waals surface area (Å²) in [6.07, 6.45) is 4.82. The fourth-order valence-electron chi connectivity index (χ4n) is 6.01. The Morgan fingerprint density at radius 2 is 1.69 bits per heavy atom. The lowest BCUT2D eigenvalue weighted by Crippen LogP contribution is -2.53. The first-order valence-corrected chi connectivity index (χ1v) is 12.8. The third kappa shape index (κ3) is 4.16. The predicted octanol–water partition coefficient (Wildman–Crippen LogP) is 5.19. The van der Waals surface area contributed by atoms with Crippen LogP contribution in [0, 0.1) is 5.82 Å². The second-order valence-electron chi connectivity index (χ2n) is 9.83. The van der Waals surface area contributed by atoms with Gasteiger partial charge in [0.15, 0.2) is 0 Å². The summed E-state index contributed by atoms with van der Waals surface area (Å²) >= 11 is 0. The van der Waals surface area contributed by atoms with E-state index in [1.54, 1.807) is 12.1 Å². The number of nitrogens with one attached hydrogen (secondary N) is 1. The maximum Gasteiger partial charge on any atom is 0.147 e. The maximum atomic E-state index is 14.8. The van der Waals surface area contributed by atoms with Crippen LogP contribution in [0.5, 0.6) is 0 Å². The first kappa shape index (κ1) is 22.8. The standard InChI is InChI=1S/C30H31FN4O/c31-26-8-3-2-7-24(26)30(21-36)35-23(13-12-22-6-1-4-10-28(22)35)20-33-16-18-34(19-17-33)29-11-5-9-27-25(29)14-15-32-27/h1-11,14-15,21,23,30,32H,12-13,16-20H2. The number of H-pyrrole nitrogens is 1. The third-order valence-corrected chi connectivity index (χ3v) is 7.82. The minimum absolute atomic E-state index is 0.134. The first-order chi connectivity index (χ1) is 17.7. The van der Waals surface area contributed by atoms with Gasteiger partial charge in [-0.05, 0) is 48.7 Å². The van der Waals surface area contributed by atoms with E-state index < -0.39 is 6.04 Å². The van der Waals surface area contributed by atoms with Crippen molar-refractivity contribution in [1.29, 1.82) is 0 Å². The van der Waals surface area contributed by atoms with Crippen molar-refractivity contribution in [3.63, 3.8) is 0 Å². The predicted molar refractivity (Wildman–Crippen MR) is 143 cm³/mol. The molecule has 6 rings (SSSR count). The van der Waals surface area contributed by atoms with Gasteiger partial charge in [-0.15, -0.1) is 0 Å². The summed E-state index contributed by atoms with van der Waals surface area (Å²) in [6.45, 7) is 4.68. The molecule has 4 aromatic rings. The highest BCUT2D eigenvalue weighted by molar-refractivity contribution is 5.92. The molecule has 1 fully saturated rings. The highest BCUT2D eigenvalue weighted by Crippen LogP contribution is 2.38. The summed E-state index contributed by atoms with van der Waals surface area (Å²) in [5.41, 5.74) is 5.16. The Morgan fingerprint density at radius 3 is 2.53 bits per heavy atom. The lowest BCUT2D eigenvalue weighted by Gasteiger charge is -2.45. The highest BCUT2D eigenvalue weighted by atomic mass is 19.1. The first-order valence-electron chi connectivity index (χ1n) is 12.8.